The minimum Gasteiger partial charge on any atom is -0.494 e. The van der Waals surface area contributed by atoms with Gasteiger partial charge < -0.3 is 19.5 Å². The number of morpholine rings is 1. The minimum absolute atomic E-state index is 0.0883. The van der Waals surface area contributed by atoms with E-state index in [0.29, 0.717) is 13.2 Å². The summed E-state index contributed by atoms with van der Waals surface area (Å²) in [6.07, 6.45) is 4.93. The molecule has 1 fully saturated rings. The summed E-state index contributed by atoms with van der Waals surface area (Å²) in [5.74, 6) is 0.732. The first-order valence-electron chi connectivity index (χ1n) is 11.1. The topological polar surface area (TPSA) is 60.0 Å². The predicted molar refractivity (Wildman–Crippen MR) is 117 cm³/mol. The van der Waals surface area contributed by atoms with Gasteiger partial charge in [-0.05, 0) is 51.0 Å². The molecule has 6 heteroatoms. The van der Waals surface area contributed by atoms with Gasteiger partial charge in [0.05, 0.1) is 19.8 Å². The third-order valence-electron chi connectivity index (χ3n) is 5.30. The molecule has 6 nitrogen and oxygen atoms in total. The van der Waals surface area contributed by atoms with Crippen LogP contribution in [-0.4, -0.2) is 62.5 Å². The van der Waals surface area contributed by atoms with Gasteiger partial charge in [0.1, 0.15) is 11.4 Å². The highest BCUT2D eigenvalue weighted by molar-refractivity contribution is 5.97. The molecule has 1 saturated heterocycles. The second-order valence-electron chi connectivity index (χ2n) is 7.76. The maximum absolute atomic E-state index is 12.8. The molecular formula is C23H38N2O4. The van der Waals surface area contributed by atoms with Crippen LogP contribution < -0.4 is 10.1 Å². The number of ether oxygens (including phenoxy) is 3. The van der Waals surface area contributed by atoms with E-state index in [1.54, 1.807) is 0 Å². The molecule has 1 aliphatic rings. The molecule has 0 spiro atoms. The van der Waals surface area contributed by atoms with E-state index in [4.69, 9.17) is 14.2 Å². The number of unbranched alkanes of at least 4 members (excludes halogenated alkanes) is 2. The lowest BCUT2D eigenvalue weighted by atomic mass is 9.96. The molecule has 1 amide bonds. The first-order valence-corrected chi connectivity index (χ1v) is 11.1. The molecule has 0 aromatic heterocycles. The fourth-order valence-corrected chi connectivity index (χ4v) is 3.48. The summed E-state index contributed by atoms with van der Waals surface area (Å²) < 4.78 is 17.0. The van der Waals surface area contributed by atoms with Crippen LogP contribution in [0.2, 0.25) is 0 Å². The van der Waals surface area contributed by atoms with Gasteiger partial charge in [-0.3, -0.25) is 9.69 Å². The molecule has 0 aliphatic carbocycles. The van der Waals surface area contributed by atoms with Crippen molar-refractivity contribution >= 4 is 11.6 Å². The molecule has 1 aromatic carbocycles. The molecule has 0 saturated carbocycles. The fraction of sp³-hybridized carbons (Fsp3) is 0.696. The Morgan fingerprint density at radius 2 is 1.86 bits per heavy atom. The van der Waals surface area contributed by atoms with Gasteiger partial charge in [0.15, 0.2) is 0 Å². The molecular weight excluding hydrogens is 368 g/mol. The van der Waals surface area contributed by atoms with Crippen molar-refractivity contribution < 1.29 is 19.0 Å². The third kappa shape index (κ3) is 8.33. The largest absolute Gasteiger partial charge is 0.494 e. The molecule has 1 heterocycles. The second kappa shape index (κ2) is 12.8. The second-order valence-corrected chi connectivity index (χ2v) is 7.76. The fourth-order valence-electron chi connectivity index (χ4n) is 3.48. The summed E-state index contributed by atoms with van der Waals surface area (Å²) in [4.78, 5) is 15.2. The normalized spacial score (nSPS) is 16.9. The minimum atomic E-state index is -0.793. The van der Waals surface area contributed by atoms with Crippen molar-refractivity contribution in [2.24, 2.45) is 0 Å². The lowest BCUT2D eigenvalue weighted by molar-refractivity contribution is -0.139. The Morgan fingerprint density at radius 1 is 1.14 bits per heavy atom. The van der Waals surface area contributed by atoms with Gasteiger partial charge in [0.25, 0.3) is 5.91 Å². The predicted octanol–water partition coefficient (Wildman–Crippen LogP) is 4.10. The number of carbonyl (C=O) groups excluding carboxylic acids is 1. The average molecular weight is 407 g/mol. The van der Waals surface area contributed by atoms with Gasteiger partial charge in [-0.25, -0.2) is 0 Å². The summed E-state index contributed by atoms with van der Waals surface area (Å²) in [5.41, 5.74) is -0.0319. The number of rotatable bonds is 13. The number of nitrogens with one attached hydrogen (secondary N) is 1. The zero-order valence-corrected chi connectivity index (χ0v) is 18.4. The van der Waals surface area contributed by atoms with Crippen molar-refractivity contribution in [2.75, 3.05) is 51.4 Å². The Balaban J connectivity index is 1.76. The Bertz CT molecular complexity index is 587. The number of anilines is 1. The van der Waals surface area contributed by atoms with Crippen molar-refractivity contribution in [3.63, 3.8) is 0 Å². The molecule has 2 rings (SSSR count). The summed E-state index contributed by atoms with van der Waals surface area (Å²) in [7, 11) is 0. The van der Waals surface area contributed by atoms with Crippen LogP contribution in [0.15, 0.2) is 24.3 Å². The van der Waals surface area contributed by atoms with Crippen molar-refractivity contribution in [1.29, 1.82) is 0 Å². The van der Waals surface area contributed by atoms with Crippen LogP contribution in [0.3, 0.4) is 0 Å². The van der Waals surface area contributed by atoms with Crippen molar-refractivity contribution in [2.45, 2.75) is 58.5 Å². The molecule has 1 aliphatic heterocycles. The number of nitrogens with zero attached hydrogens (tertiary/aromatic N) is 1. The van der Waals surface area contributed by atoms with Crippen LogP contribution in [0, 0.1) is 0 Å². The van der Waals surface area contributed by atoms with Gasteiger partial charge >= 0.3 is 0 Å². The van der Waals surface area contributed by atoms with Crippen LogP contribution in [0.25, 0.3) is 0 Å². The Kier molecular flexibility index (Phi) is 10.5. The lowest BCUT2D eigenvalue weighted by Crippen LogP contribution is -2.42. The van der Waals surface area contributed by atoms with Crippen LogP contribution >= 0.6 is 0 Å². The number of benzene rings is 1. The van der Waals surface area contributed by atoms with Gasteiger partial charge in [0, 0.05) is 31.9 Å². The van der Waals surface area contributed by atoms with Gasteiger partial charge in [-0.15, -0.1) is 0 Å². The molecule has 0 radical (unpaired) electrons. The first kappa shape index (κ1) is 23.6. The highest BCUT2D eigenvalue weighted by Gasteiger charge is 2.33. The molecule has 1 aromatic rings. The monoisotopic (exact) mass is 406 g/mol. The van der Waals surface area contributed by atoms with E-state index in [-0.39, 0.29) is 5.91 Å². The molecule has 29 heavy (non-hydrogen) atoms. The maximum atomic E-state index is 12.8. The molecule has 1 N–H and O–H groups in total. The van der Waals surface area contributed by atoms with E-state index in [9.17, 15) is 4.79 Å². The van der Waals surface area contributed by atoms with Crippen LogP contribution in [-0.2, 0) is 14.3 Å². The molecule has 0 unspecified atom stereocenters. The van der Waals surface area contributed by atoms with Gasteiger partial charge in [-0.2, -0.15) is 0 Å². The first-order chi connectivity index (χ1) is 14.1. The third-order valence-corrected chi connectivity index (χ3v) is 5.30. The summed E-state index contributed by atoms with van der Waals surface area (Å²) in [5, 5.41) is 2.99. The van der Waals surface area contributed by atoms with E-state index in [2.05, 4.69) is 17.1 Å². The summed E-state index contributed by atoms with van der Waals surface area (Å²) in [6, 6.07) is 7.57. The SMILES string of the molecule is CCCCC[C@@](C)(OCC)C(=O)Nc1ccc(OCCCN2CCOCC2)cc1. The number of carbonyl (C=O) groups is 1. The van der Waals surface area contributed by atoms with Gasteiger partial charge in [-0.1, -0.05) is 26.2 Å². The van der Waals surface area contributed by atoms with Crippen molar-refractivity contribution in [3.8, 4) is 5.75 Å². The van der Waals surface area contributed by atoms with E-state index in [1.807, 2.05) is 38.1 Å². The lowest BCUT2D eigenvalue weighted by Gasteiger charge is -2.28. The van der Waals surface area contributed by atoms with E-state index in [0.717, 1.165) is 76.4 Å². The average Bonchev–Trinajstić information content (AvgIpc) is 2.73. The van der Waals surface area contributed by atoms with Crippen molar-refractivity contribution in [1.82, 2.24) is 4.90 Å². The van der Waals surface area contributed by atoms with E-state index in [1.165, 1.54) is 0 Å². The summed E-state index contributed by atoms with van der Waals surface area (Å²) in [6.45, 7) is 11.9. The number of hydrogen-bond acceptors (Lipinski definition) is 5. The summed E-state index contributed by atoms with van der Waals surface area (Å²) >= 11 is 0. The van der Waals surface area contributed by atoms with E-state index >= 15 is 0 Å². The quantitative estimate of drug-likeness (QED) is 0.500. The maximum Gasteiger partial charge on any atom is 0.256 e. The van der Waals surface area contributed by atoms with E-state index < -0.39 is 5.60 Å². The zero-order chi connectivity index (χ0) is 21.0. The van der Waals surface area contributed by atoms with Gasteiger partial charge in [0.2, 0.25) is 0 Å². The molecule has 0 bridgehead atoms. The smallest absolute Gasteiger partial charge is 0.256 e. The van der Waals surface area contributed by atoms with Crippen molar-refractivity contribution in [3.05, 3.63) is 24.3 Å². The molecule has 1 atom stereocenters. The highest BCUT2D eigenvalue weighted by Crippen LogP contribution is 2.23. The highest BCUT2D eigenvalue weighted by atomic mass is 16.5. The number of hydrogen-bond donors (Lipinski definition) is 1. The molecule has 164 valence electrons. The van der Waals surface area contributed by atoms with Crippen LogP contribution in [0.1, 0.15) is 52.9 Å². The Morgan fingerprint density at radius 3 is 2.52 bits per heavy atom. The van der Waals surface area contributed by atoms with Crippen LogP contribution in [0.5, 0.6) is 5.75 Å². The van der Waals surface area contributed by atoms with Crippen LogP contribution in [0.4, 0.5) is 5.69 Å². The Hall–Kier alpha value is -1.63. The standard InChI is InChI=1S/C23H38N2O4/c1-4-6-7-13-23(3,29-5-2)22(26)24-20-9-11-21(12-10-20)28-17-8-14-25-15-18-27-19-16-25/h9-12H,4-8,13-19H2,1-3H3,(H,24,26)/t23-/m1/s1. The Labute approximate surface area is 175 Å². The number of amides is 1. The zero-order valence-electron chi connectivity index (χ0n) is 18.4.